The van der Waals surface area contributed by atoms with Gasteiger partial charge in [-0.15, -0.1) is 0 Å². The van der Waals surface area contributed by atoms with E-state index in [1.54, 1.807) is 10.6 Å². The van der Waals surface area contributed by atoms with Gasteiger partial charge in [-0.3, -0.25) is 9.36 Å². The second-order valence-corrected chi connectivity index (χ2v) is 3.63. The molecular formula is C9H8BrN3O. The Morgan fingerprint density at radius 2 is 2.29 bits per heavy atom. The molecule has 0 aromatic carbocycles. The first-order chi connectivity index (χ1) is 6.72. The molecule has 2 aromatic heterocycles. The normalized spacial score (nSPS) is 10.7. The van der Waals surface area contributed by atoms with Gasteiger partial charge in [0.15, 0.2) is 5.65 Å². The van der Waals surface area contributed by atoms with Crippen molar-refractivity contribution in [3.63, 3.8) is 0 Å². The molecular weight excluding hydrogens is 246 g/mol. The number of aryl methyl sites for hydroxylation is 1. The van der Waals surface area contributed by atoms with E-state index < -0.39 is 0 Å². The number of halogens is 1. The third kappa shape index (κ3) is 1.43. The van der Waals surface area contributed by atoms with Crippen molar-refractivity contribution in [2.45, 2.75) is 13.5 Å². The molecule has 14 heavy (non-hydrogen) atoms. The van der Waals surface area contributed by atoms with Crippen molar-refractivity contribution < 1.29 is 0 Å². The van der Waals surface area contributed by atoms with Crippen LogP contribution < -0.4 is 5.56 Å². The van der Waals surface area contributed by atoms with E-state index in [4.69, 9.17) is 0 Å². The highest BCUT2D eigenvalue weighted by Crippen LogP contribution is 2.11. The van der Waals surface area contributed by atoms with Crippen molar-refractivity contribution in [2.75, 3.05) is 0 Å². The van der Waals surface area contributed by atoms with Crippen molar-refractivity contribution in [2.24, 2.45) is 0 Å². The molecule has 5 heteroatoms. The third-order valence-corrected chi connectivity index (χ3v) is 2.41. The van der Waals surface area contributed by atoms with Gasteiger partial charge in [-0.1, -0.05) is 0 Å². The number of pyridine rings is 1. The van der Waals surface area contributed by atoms with Gasteiger partial charge in [0.2, 0.25) is 0 Å². The molecule has 0 amide bonds. The van der Waals surface area contributed by atoms with Crippen molar-refractivity contribution in [3.05, 3.63) is 33.3 Å². The van der Waals surface area contributed by atoms with E-state index >= 15 is 0 Å². The smallest absolute Gasteiger partial charge is 0.270 e. The molecule has 2 heterocycles. The van der Waals surface area contributed by atoms with Crippen LogP contribution in [0.5, 0.6) is 0 Å². The molecule has 0 aliphatic heterocycles. The van der Waals surface area contributed by atoms with Crippen LogP contribution in [0, 0.1) is 0 Å². The molecule has 0 radical (unpaired) electrons. The minimum absolute atomic E-state index is 0.120. The number of rotatable bonds is 1. The van der Waals surface area contributed by atoms with E-state index in [-0.39, 0.29) is 5.56 Å². The summed E-state index contributed by atoms with van der Waals surface area (Å²) in [5.41, 5.74) is 1.23. The lowest BCUT2D eigenvalue weighted by Crippen LogP contribution is -2.20. The van der Waals surface area contributed by atoms with Crippen LogP contribution in [0.3, 0.4) is 0 Å². The van der Waals surface area contributed by atoms with E-state index in [1.807, 2.05) is 13.0 Å². The highest BCUT2D eigenvalue weighted by molar-refractivity contribution is 9.10. The van der Waals surface area contributed by atoms with Crippen molar-refractivity contribution in [3.8, 4) is 0 Å². The number of hydrogen-bond donors (Lipinski definition) is 0. The summed E-state index contributed by atoms with van der Waals surface area (Å²) in [5.74, 6) is 0. The van der Waals surface area contributed by atoms with Crippen molar-refractivity contribution >= 4 is 27.1 Å². The maximum absolute atomic E-state index is 11.4. The topological polar surface area (TPSA) is 47.8 Å². The molecule has 0 N–H and O–H groups in total. The highest BCUT2D eigenvalue weighted by Gasteiger charge is 2.03. The molecule has 0 saturated heterocycles. The zero-order valence-electron chi connectivity index (χ0n) is 7.57. The van der Waals surface area contributed by atoms with Gasteiger partial charge in [-0.05, 0) is 35.0 Å². The second-order valence-electron chi connectivity index (χ2n) is 2.82. The van der Waals surface area contributed by atoms with E-state index in [1.165, 1.54) is 6.20 Å². The SMILES string of the molecule is CCn1c(=O)cnc2ccc(Br)nc21. The quantitative estimate of drug-likeness (QED) is 0.726. The van der Waals surface area contributed by atoms with E-state index in [0.717, 1.165) is 5.52 Å². The molecule has 0 spiro atoms. The summed E-state index contributed by atoms with van der Waals surface area (Å²) in [6, 6.07) is 3.64. The van der Waals surface area contributed by atoms with Crippen LogP contribution in [-0.4, -0.2) is 14.5 Å². The van der Waals surface area contributed by atoms with Crippen LogP contribution in [-0.2, 0) is 6.54 Å². The monoisotopic (exact) mass is 253 g/mol. The first-order valence-corrected chi connectivity index (χ1v) is 5.04. The first kappa shape index (κ1) is 9.33. The van der Waals surface area contributed by atoms with Gasteiger partial charge in [0.05, 0.1) is 6.20 Å². The summed E-state index contributed by atoms with van der Waals surface area (Å²) < 4.78 is 2.30. The Kier molecular flexibility index (Phi) is 2.33. The van der Waals surface area contributed by atoms with Gasteiger partial charge in [0.1, 0.15) is 10.1 Å². The predicted octanol–water partition coefficient (Wildman–Crippen LogP) is 1.57. The number of nitrogens with zero attached hydrogens (tertiary/aromatic N) is 3. The van der Waals surface area contributed by atoms with E-state index in [2.05, 4.69) is 25.9 Å². The number of hydrogen-bond acceptors (Lipinski definition) is 3. The Bertz CT molecular complexity index is 535. The van der Waals surface area contributed by atoms with Gasteiger partial charge in [0.25, 0.3) is 5.56 Å². The fourth-order valence-electron chi connectivity index (χ4n) is 1.32. The zero-order valence-corrected chi connectivity index (χ0v) is 9.15. The number of fused-ring (bicyclic) bond motifs is 1. The Labute approximate surface area is 88.7 Å². The zero-order chi connectivity index (χ0) is 10.1. The molecule has 0 aliphatic carbocycles. The van der Waals surface area contributed by atoms with Gasteiger partial charge in [0, 0.05) is 6.54 Å². The molecule has 0 fully saturated rings. The van der Waals surface area contributed by atoms with E-state index in [0.29, 0.717) is 16.8 Å². The largest absolute Gasteiger partial charge is 0.290 e. The lowest BCUT2D eigenvalue weighted by molar-refractivity contribution is 0.742. The summed E-state index contributed by atoms with van der Waals surface area (Å²) in [4.78, 5) is 19.7. The van der Waals surface area contributed by atoms with Crippen molar-refractivity contribution in [1.82, 2.24) is 14.5 Å². The Morgan fingerprint density at radius 3 is 3.00 bits per heavy atom. The second kappa shape index (κ2) is 3.49. The minimum Gasteiger partial charge on any atom is -0.290 e. The molecule has 2 rings (SSSR count). The van der Waals surface area contributed by atoms with Crippen LogP contribution in [0.15, 0.2) is 27.7 Å². The molecule has 2 aromatic rings. The van der Waals surface area contributed by atoms with Gasteiger partial charge < -0.3 is 0 Å². The molecule has 0 saturated carbocycles. The van der Waals surface area contributed by atoms with Crippen LogP contribution in [0.2, 0.25) is 0 Å². The fraction of sp³-hybridized carbons (Fsp3) is 0.222. The summed E-state index contributed by atoms with van der Waals surface area (Å²) in [6.45, 7) is 2.50. The summed E-state index contributed by atoms with van der Waals surface area (Å²) in [7, 11) is 0. The third-order valence-electron chi connectivity index (χ3n) is 1.97. The van der Waals surface area contributed by atoms with Crippen LogP contribution in [0.25, 0.3) is 11.2 Å². The molecule has 0 unspecified atom stereocenters. The fourth-order valence-corrected chi connectivity index (χ4v) is 1.62. The van der Waals surface area contributed by atoms with Crippen LogP contribution >= 0.6 is 15.9 Å². The summed E-state index contributed by atoms with van der Waals surface area (Å²) in [5, 5.41) is 0. The van der Waals surface area contributed by atoms with Gasteiger partial charge in [-0.25, -0.2) is 9.97 Å². The standard InChI is InChI=1S/C9H8BrN3O/c1-2-13-8(14)5-11-6-3-4-7(10)12-9(6)13/h3-5H,2H2,1H3. The lowest BCUT2D eigenvalue weighted by Gasteiger charge is -2.04. The van der Waals surface area contributed by atoms with Gasteiger partial charge in [-0.2, -0.15) is 0 Å². The van der Waals surface area contributed by atoms with Crippen LogP contribution in [0.1, 0.15) is 6.92 Å². The molecule has 72 valence electrons. The maximum Gasteiger partial charge on any atom is 0.270 e. The Hall–Kier alpha value is -1.23. The summed E-state index contributed by atoms with van der Waals surface area (Å²) >= 11 is 3.27. The van der Waals surface area contributed by atoms with Crippen molar-refractivity contribution in [1.29, 1.82) is 0 Å². The summed E-state index contributed by atoms with van der Waals surface area (Å²) in [6.07, 6.45) is 1.32. The number of aromatic nitrogens is 3. The Morgan fingerprint density at radius 1 is 1.50 bits per heavy atom. The first-order valence-electron chi connectivity index (χ1n) is 4.24. The van der Waals surface area contributed by atoms with Gasteiger partial charge >= 0.3 is 0 Å². The molecule has 0 atom stereocenters. The molecule has 0 aliphatic rings. The molecule has 0 bridgehead atoms. The Balaban J connectivity index is 2.91. The van der Waals surface area contributed by atoms with E-state index in [9.17, 15) is 4.79 Å². The highest BCUT2D eigenvalue weighted by atomic mass is 79.9. The molecule has 4 nitrogen and oxygen atoms in total. The lowest BCUT2D eigenvalue weighted by atomic mass is 10.4. The predicted molar refractivity (Wildman–Crippen MR) is 57.2 cm³/mol. The van der Waals surface area contributed by atoms with Crippen LogP contribution in [0.4, 0.5) is 0 Å². The average Bonchev–Trinajstić information content (AvgIpc) is 2.17. The average molecular weight is 254 g/mol. The minimum atomic E-state index is -0.120. The maximum atomic E-state index is 11.4.